The molecule has 1 amide bonds. The summed E-state index contributed by atoms with van der Waals surface area (Å²) in [6.45, 7) is 0.0934. The van der Waals surface area contributed by atoms with Crippen LogP contribution in [-0.4, -0.2) is 56.3 Å². The Morgan fingerprint density at radius 2 is 1.94 bits per heavy atom. The Balaban J connectivity index is 1.42. The van der Waals surface area contributed by atoms with Crippen molar-refractivity contribution in [2.45, 2.75) is 50.9 Å². The van der Waals surface area contributed by atoms with Gasteiger partial charge in [-0.05, 0) is 49.4 Å². The maximum absolute atomic E-state index is 13.2. The summed E-state index contributed by atoms with van der Waals surface area (Å²) in [5, 5.41) is 18.4. The van der Waals surface area contributed by atoms with Gasteiger partial charge in [-0.2, -0.15) is 18.4 Å². The van der Waals surface area contributed by atoms with E-state index in [-0.39, 0.29) is 24.9 Å². The van der Waals surface area contributed by atoms with Gasteiger partial charge < -0.3 is 4.90 Å². The summed E-state index contributed by atoms with van der Waals surface area (Å²) in [5.41, 5.74) is 0.585. The zero-order chi connectivity index (χ0) is 23.4. The van der Waals surface area contributed by atoms with Crippen molar-refractivity contribution in [3.05, 3.63) is 40.4 Å². The number of hydrogen-bond donors (Lipinski definition) is 0. The van der Waals surface area contributed by atoms with E-state index in [1.54, 1.807) is 23.1 Å². The lowest BCUT2D eigenvalue weighted by molar-refractivity contribution is -0.148. The second kappa shape index (κ2) is 7.99. The van der Waals surface area contributed by atoms with E-state index in [9.17, 15) is 23.2 Å². The number of carbonyl (C=O) groups is 1. The number of nitrogens with zero attached hydrogens (tertiary/aromatic N) is 6. The van der Waals surface area contributed by atoms with E-state index in [2.05, 4.69) is 16.3 Å². The Bertz CT molecular complexity index is 1130. The molecule has 3 heterocycles. The van der Waals surface area contributed by atoms with Crippen LogP contribution in [0.15, 0.2) is 18.2 Å². The SMILES string of the molecule is N#CC1(C(=O)N2CCC(c3nnc4n3-c3ccc(Cl)cc3CN(CC(F)(F)F)C4)CC2)CC1. The highest BCUT2D eigenvalue weighted by Crippen LogP contribution is 2.47. The average Bonchev–Trinajstić information content (AvgIpc) is 3.49. The van der Waals surface area contributed by atoms with Gasteiger partial charge in [0.15, 0.2) is 5.82 Å². The molecule has 11 heteroatoms. The minimum Gasteiger partial charge on any atom is -0.341 e. The van der Waals surface area contributed by atoms with E-state index in [4.69, 9.17) is 11.6 Å². The summed E-state index contributed by atoms with van der Waals surface area (Å²) in [6.07, 6.45) is -1.79. The van der Waals surface area contributed by atoms with E-state index in [0.717, 1.165) is 5.69 Å². The number of rotatable bonds is 3. The number of hydrogen-bond acceptors (Lipinski definition) is 5. The average molecular weight is 479 g/mol. The van der Waals surface area contributed by atoms with Crippen LogP contribution in [0.4, 0.5) is 13.2 Å². The molecule has 0 bridgehead atoms. The smallest absolute Gasteiger partial charge is 0.341 e. The monoisotopic (exact) mass is 478 g/mol. The third-order valence-electron chi connectivity index (χ3n) is 6.72. The Morgan fingerprint density at radius 3 is 2.58 bits per heavy atom. The number of fused-ring (bicyclic) bond motifs is 3. The predicted octanol–water partition coefficient (Wildman–Crippen LogP) is 3.81. The van der Waals surface area contributed by atoms with Crippen molar-refractivity contribution < 1.29 is 18.0 Å². The molecule has 2 aromatic rings. The number of benzene rings is 1. The normalized spacial score (nSPS) is 20.5. The van der Waals surface area contributed by atoms with Crippen LogP contribution >= 0.6 is 11.6 Å². The molecule has 174 valence electrons. The molecular formula is C22H22ClF3N6O. The van der Waals surface area contributed by atoms with Crippen LogP contribution in [0.3, 0.4) is 0 Å². The highest BCUT2D eigenvalue weighted by molar-refractivity contribution is 6.30. The van der Waals surface area contributed by atoms with Crippen molar-refractivity contribution in [3.63, 3.8) is 0 Å². The molecule has 0 N–H and O–H groups in total. The predicted molar refractivity (Wildman–Crippen MR) is 112 cm³/mol. The van der Waals surface area contributed by atoms with Gasteiger partial charge in [0.25, 0.3) is 0 Å². The van der Waals surface area contributed by atoms with Gasteiger partial charge in [-0.15, -0.1) is 10.2 Å². The minimum absolute atomic E-state index is 0.00485. The second-order valence-corrected chi connectivity index (χ2v) is 9.54. The molecule has 7 nitrogen and oxygen atoms in total. The van der Waals surface area contributed by atoms with E-state index in [1.165, 1.54) is 4.90 Å². The molecule has 3 aliphatic rings. The fourth-order valence-corrected chi connectivity index (χ4v) is 5.06. The first-order valence-electron chi connectivity index (χ1n) is 10.9. The van der Waals surface area contributed by atoms with Gasteiger partial charge >= 0.3 is 6.18 Å². The van der Waals surface area contributed by atoms with Gasteiger partial charge in [-0.3, -0.25) is 14.3 Å². The Kier molecular flexibility index (Phi) is 5.37. The summed E-state index contributed by atoms with van der Waals surface area (Å²) < 4.78 is 41.3. The lowest BCUT2D eigenvalue weighted by atomic mass is 9.94. The topological polar surface area (TPSA) is 78.0 Å². The van der Waals surface area contributed by atoms with Crippen LogP contribution < -0.4 is 0 Å². The number of carbonyl (C=O) groups excluding carboxylic acids is 1. The van der Waals surface area contributed by atoms with Crippen LogP contribution in [-0.2, 0) is 17.9 Å². The van der Waals surface area contributed by atoms with Gasteiger partial charge in [-0.1, -0.05) is 11.6 Å². The molecule has 1 saturated carbocycles. The fourth-order valence-electron chi connectivity index (χ4n) is 4.86. The first-order valence-corrected chi connectivity index (χ1v) is 11.3. The summed E-state index contributed by atoms with van der Waals surface area (Å²) in [7, 11) is 0. The molecule has 1 aromatic heterocycles. The van der Waals surface area contributed by atoms with Crippen molar-refractivity contribution >= 4 is 17.5 Å². The molecule has 33 heavy (non-hydrogen) atoms. The maximum atomic E-state index is 13.2. The summed E-state index contributed by atoms with van der Waals surface area (Å²) in [4.78, 5) is 15.7. The largest absolute Gasteiger partial charge is 0.401 e. The lowest BCUT2D eigenvalue weighted by Crippen LogP contribution is -2.42. The summed E-state index contributed by atoms with van der Waals surface area (Å²) >= 11 is 6.16. The molecule has 1 aromatic carbocycles. The molecule has 0 atom stereocenters. The zero-order valence-electron chi connectivity index (χ0n) is 17.8. The Labute approximate surface area is 193 Å². The van der Waals surface area contributed by atoms with Crippen LogP contribution in [0.5, 0.6) is 0 Å². The molecule has 2 fully saturated rings. The highest BCUT2D eigenvalue weighted by Gasteiger charge is 2.53. The molecule has 0 spiro atoms. The minimum atomic E-state index is -4.33. The Morgan fingerprint density at radius 1 is 1.21 bits per heavy atom. The molecule has 1 saturated heterocycles. The van der Waals surface area contributed by atoms with Crippen LogP contribution in [0.1, 0.15) is 48.8 Å². The molecule has 0 unspecified atom stereocenters. The van der Waals surface area contributed by atoms with Crippen molar-refractivity contribution in [2.24, 2.45) is 5.41 Å². The zero-order valence-corrected chi connectivity index (χ0v) is 18.5. The first kappa shape index (κ1) is 22.2. The number of likely N-dealkylation sites (tertiary alicyclic amines) is 1. The van der Waals surface area contributed by atoms with E-state index in [0.29, 0.717) is 61.0 Å². The van der Waals surface area contributed by atoms with Crippen molar-refractivity contribution in [1.82, 2.24) is 24.6 Å². The maximum Gasteiger partial charge on any atom is 0.401 e. The van der Waals surface area contributed by atoms with Crippen molar-refractivity contribution in [3.8, 4) is 11.8 Å². The standard InChI is InChI=1S/C22H22ClF3N6O/c23-16-1-2-17-15(9-16)10-30(13-22(24,25)26)11-18-28-29-19(32(17)18)14-3-7-31(8-4-14)20(33)21(12-27)5-6-21/h1-2,9,14H,3-8,10-11,13H2. The summed E-state index contributed by atoms with van der Waals surface area (Å²) in [6, 6.07) is 7.36. The molecule has 2 aliphatic heterocycles. The number of halogens is 4. The van der Waals surface area contributed by atoms with Crippen LogP contribution in [0.2, 0.25) is 5.02 Å². The number of aromatic nitrogens is 3. The third-order valence-corrected chi connectivity index (χ3v) is 6.96. The quantitative estimate of drug-likeness (QED) is 0.670. The molecule has 1 aliphatic carbocycles. The van der Waals surface area contributed by atoms with E-state index >= 15 is 0 Å². The van der Waals surface area contributed by atoms with E-state index in [1.807, 2.05) is 4.57 Å². The first-order chi connectivity index (χ1) is 15.7. The lowest BCUT2D eigenvalue weighted by Gasteiger charge is -2.33. The van der Waals surface area contributed by atoms with Gasteiger partial charge in [0.1, 0.15) is 11.2 Å². The van der Waals surface area contributed by atoms with Gasteiger partial charge in [-0.25, -0.2) is 0 Å². The van der Waals surface area contributed by atoms with Crippen molar-refractivity contribution in [2.75, 3.05) is 19.6 Å². The van der Waals surface area contributed by atoms with Gasteiger partial charge in [0.05, 0.1) is 24.8 Å². The second-order valence-electron chi connectivity index (χ2n) is 9.10. The molecule has 5 rings (SSSR count). The van der Waals surface area contributed by atoms with Crippen molar-refractivity contribution in [1.29, 1.82) is 5.26 Å². The third kappa shape index (κ3) is 4.20. The number of piperidine rings is 1. The van der Waals surface area contributed by atoms with E-state index < -0.39 is 18.1 Å². The number of nitriles is 1. The number of amides is 1. The fraction of sp³-hybridized carbons (Fsp3) is 0.545. The van der Waals surface area contributed by atoms with Gasteiger partial charge in [0, 0.05) is 30.6 Å². The highest BCUT2D eigenvalue weighted by atomic mass is 35.5. The van der Waals surface area contributed by atoms with Gasteiger partial charge in [0.2, 0.25) is 5.91 Å². The molecule has 0 radical (unpaired) electrons. The molecular weight excluding hydrogens is 457 g/mol. The van der Waals surface area contributed by atoms with Crippen LogP contribution in [0.25, 0.3) is 5.69 Å². The number of alkyl halides is 3. The summed E-state index contributed by atoms with van der Waals surface area (Å²) in [5.74, 6) is 1.06. The Hall–Kier alpha value is -2.64. The van der Waals surface area contributed by atoms with Crippen LogP contribution in [0, 0.1) is 16.7 Å².